The van der Waals surface area contributed by atoms with E-state index in [1.165, 1.54) is 12.8 Å². The van der Waals surface area contributed by atoms with Gasteiger partial charge in [0, 0.05) is 0 Å². The van der Waals surface area contributed by atoms with E-state index in [2.05, 4.69) is 15.1 Å². The van der Waals surface area contributed by atoms with E-state index < -0.39 is 0 Å². The number of piperidine rings is 1. The van der Waals surface area contributed by atoms with Crippen molar-refractivity contribution in [3.63, 3.8) is 0 Å². The molecule has 2 heterocycles. The molecule has 0 atom stereocenters. The largest absolute Gasteiger partial charge is 0.330 e. The number of nitrogens with zero attached hydrogens (tertiary/aromatic N) is 3. The predicted molar refractivity (Wildman–Crippen MR) is 61.7 cm³/mol. The van der Waals surface area contributed by atoms with Crippen LogP contribution in [0, 0.1) is 12.8 Å². The molecule has 1 aromatic rings. The fraction of sp³-hybridized carbons (Fsp3) is 0.800. The summed E-state index contributed by atoms with van der Waals surface area (Å²) in [5.74, 6) is 0.734. The molecule has 0 unspecified atom stereocenters. The summed E-state index contributed by atoms with van der Waals surface area (Å²) in [5.41, 5.74) is 5.67. The van der Waals surface area contributed by atoms with Crippen molar-refractivity contribution in [3.8, 4) is 0 Å². The van der Waals surface area contributed by atoms with Gasteiger partial charge in [-0.1, -0.05) is 0 Å². The molecule has 2 rings (SSSR count). The number of aryl methyl sites for hydroxylation is 1. The van der Waals surface area contributed by atoms with Crippen LogP contribution in [-0.2, 0) is 6.54 Å². The Morgan fingerprint density at radius 2 is 2.13 bits per heavy atom. The van der Waals surface area contributed by atoms with Crippen LogP contribution in [0.5, 0.6) is 0 Å². The van der Waals surface area contributed by atoms with Crippen molar-refractivity contribution in [1.29, 1.82) is 0 Å². The molecule has 2 N–H and O–H groups in total. The van der Waals surface area contributed by atoms with E-state index >= 15 is 0 Å². The van der Waals surface area contributed by atoms with Crippen LogP contribution >= 0.6 is 11.3 Å². The van der Waals surface area contributed by atoms with Gasteiger partial charge >= 0.3 is 0 Å². The molecule has 1 fully saturated rings. The van der Waals surface area contributed by atoms with Gasteiger partial charge in [0.15, 0.2) is 0 Å². The third-order valence-corrected chi connectivity index (χ3v) is 3.79. The second kappa shape index (κ2) is 5.01. The van der Waals surface area contributed by atoms with Crippen molar-refractivity contribution in [2.75, 3.05) is 19.6 Å². The van der Waals surface area contributed by atoms with Gasteiger partial charge < -0.3 is 5.73 Å². The zero-order chi connectivity index (χ0) is 10.7. The van der Waals surface area contributed by atoms with Crippen molar-refractivity contribution in [2.45, 2.75) is 26.3 Å². The van der Waals surface area contributed by atoms with Crippen LogP contribution in [0.4, 0.5) is 0 Å². The summed E-state index contributed by atoms with van der Waals surface area (Å²) in [7, 11) is 0. The van der Waals surface area contributed by atoms with Crippen LogP contribution in [0.25, 0.3) is 0 Å². The van der Waals surface area contributed by atoms with Crippen LogP contribution in [0.3, 0.4) is 0 Å². The lowest BCUT2D eigenvalue weighted by atomic mass is 9.97. The first-order valence-electron chi connectivity index (χ1n) is 5.49. The second-order valence-electron chi connectivity index (χ2n) is 4.17. The highest BCUT2D eigenvalue weighted by Gasteiger charge is 2.18. The van der Waals surface area contributed by atoms with Gasteiger partial charge in [-0.2, -0.15) is 0 Å². The second-order valence-corrected chi connectivity index (χ2v) is 5.44. The maximum Gasteiger partial charge on any atom is 0.131 e. The Kier molecular flexibility index (Phi) is 3.66. The molecule has 0 amide bonds. The topological polar surface area (TPSA) is 55.0 Å². The van der Waals surface area contributed by atoms with E-state index in [1.807, 2.05) is 6.92 Å². The lowest BCUT2D eigenvalue weighted by Crippen LogP contribution is -2.35. The Morgan fingerprint density at radius 1 is 1.40 bits per heavy atom. The van der Waals surface area contributed by atoms with Crippen molar-refractivity contribution in [2.24, 2.45) is 11.7 Å². The van der Waals surface area contributed by atoms with Gasteiger partial charge in [-0.15, -0.1) is 21.5 Å². The normalized spacial score (nSPS) is 19.6. The van der Waals surface area contributed by atoms with Crippen LogP contribution in [-0.4, -0.2) is 34.7 Å². The molecule has 1 saturated heterocycles. The number of rotatable bonds is 3. The van der Waals surface area contributed by atoms with Crippen molar-refractivity contribution in [1.82, 2.24) is 15.1 Å². The average molecular weight is 226 g/mol. The number of likely N-dealkylation sites (tertiary alicyclic amines) is 1. The molecule has 0 radical (unpaired) electrons. The molecule has 0 spiro atoms. The number of hydrogen-bond donors (Lipinski definition) is 1. The Balaban J connectivity index is 1.82. The SMILES string of the molecule is Cc1nnc(CN2CCC(CN)CC2)s1. The summed E-state index contributed by atoms with van der Waals surface area (Å²) in [6, 6.07) is 0. The van der Waals surface area contributed by atoms with Crippen molar-refractivity contribution >= 4 is 11.3 Å². The highest BCUT2D eigenvalue weighted by molar-refractivity contribution is 7.11. The standard InChI is InChI=1S/C10H18N4S/c1-8-12-13-10(15-8)7-14-4-2-9(6-11)3-5-14/h9H,2-7,11H2,1H3. The Hall–Kier alpha value is -0.520. The molecule has 1 aliphatic heterocycles. The Bertz CT molecular complexity index is 304. The third kappa shape index (κ3) is 2.96. The van der Waals surface area contributed by atoms with Crippen molar-refractivity contribution < 1.29 is 0 Å². The minimum Gasteiger partial charge on any atom is -0.330 e. The predicted octanol–water partition coefficient (Wildman–Crippen LogP) is 1.02. The molecule has 84 valence electrons. The fourth-order valence-corrected chi connectivity index (χ4v) is 2.72. The van der Waals surface area contributed by atoms with Gasteiger partial charge in [-0.3, -0.25) is 4.90 Å². The molecule has 1 aromatic heterocycles. The number of aromatic nitrogens is 2. The molecule has 0 saturated carbocycles. The minimum absolute atomic E-state index is 0.734. The summed E-state index contributed by atoms with van der Waals surface area (Å²) >= 11 is 1.70. The zero-order valence-corrected chi connectivity index (χ0v) is 9.96. The molecule has 0 aromatic carbocycles. The maximum absolute atomic E-state index is 5.67. The van der Waals surface area contributed by atoms with E-state index in [9.17, 15) is 0 Å². The summed E-state index contributed by atoms with van der Waals surface area (Å²) in [6.45, 7) is 6.11. The van der Waals surface area contributed by atoms with Gasteiger partial charge in [0.05, 0.1) is 6.54 Å². The fourth-order valence-electron chi connectivity index (χ4n) is 1.97. The highest BCUT2D eigenvalue weighted by Crippen LogP contribution is 2.19. The Labute approximate surface area is 94.5 Å². The molecular formula is C10H18N4S. The van der Waals surface area contributed by atoms with E-state index in [0.29, 0.717) is 0 Å². The summed E-state index contributed by atoms with van der Waals surface area (Å²) in [5, 5.41) is 10.4. The summed E-state index contributed by atoms with van der Waals surface area (Å²) in [4.78, 5) is 2.45. The van der Waals surface area contributed by atoms with Crippen LogP contribution in [0.1, 0.15) is 22.9 Å². The quantitative estimate of drug-likeness (QED) is 0.836. The zero-order valence-electron chi connectivity index (χ0n) is 9.15. The van der Waals surface area contributed by atoms with Gasteiger partial charge in [0.25, 0.3) is 0 Å². The monoisotopic (exact) mass is 226 g/mol. The number of hydrogen-bond acceptors (Lipinski definition) is 5. The average Bonchev–Trinajstić information content (AvgIpc) is 2.65. The van der Waals surface area contributed by atoms with E-state index in [-0.39, 0.29) is 0 Å². The van der Waals surface area contributed by atoms with Crippen LogP contribution in [0.2, 0.25) is 0 Å². The molecule has 4 nitrogen and oxygen atoms in total. The number of nitrogens with two attached hydrogens (primary N) is 1. The first-order valence-corrected chi connectivity index (χ1v) is 6.31. The lowest BCUT2D eigenvalue weighted by molar-refractivity contribution is 0.180. The minimum atomic E-state index is 0.734. The summed E-state index contributed by atoms with van der Waals surface area (Å²) in [6.07, 6.45) is 2.46. The maximum atomic E-state index is 5.67. The molecular weight excluding hydrogens is 208 g/mol. The van der Waals surface area contributed by atoms with Gasteiger partial charge in [0.1, 0.15) is 10.0 Å². The molecule has 0 bridgehead atoms. The van der Waals surface area contributed by atoms with Crippen LogP contribution < -0.4 is 5.73 Å². The molecule has 1 aliphatic rings. The third-order valence-electron chi connectivity index (χ3n) is 2.97. The highest BCUT2D eigenvalue weighted by atomic mass is 32.1. The van der Waals surface area contributed by atoms with Gasteiger partial charge in [0.2, 0.25) is 0 Å². The van der Waals surface area contributed by atoms with Gasteiger partial charge in [-0.05, 0) is 45.3 Å². The lowest BCUT2D eigenvalue weighted by Gasteiger charge is -2.30. The van der Waals surface area contributed by atoms with Crippen molar-refractivity contribution in [3.05, 3.63) is 10.0 Å². The first kappa shape index (κ1) is 11.0. The van der Waals surface area contributed by atoms with E-state index in [0.717, 1.165) is 42.1 Å². The summed E-state index contributed by atoms with van der Waals surface area (Å²) < 4.78 is 0. The molecule has 0 aliphatic carbocycles. The molecule has 15 heavy (non-hydrogen) atoms. The van der Waals surface area contributed by atoms with Crippen LogP contribution in [0.15, 0.2) is 0 Å². The van der Waals surface area contributed by atoms with E-state index in [4.69, 9.17) is 5.73 Å². The van der Waals surface area contributed by atoms with Gasteiger partial charge in [-0.25, -0.2) is 0 Å². The van der Waals surface area contributed by atoms with E-state index in [1.54, 1.807) is 11.3 Å². The molecule has 5 heteroatoms. The first-order chi connectivity index (χ1) is 7.28. The Morgan fingerprint density at radius 3 is 2.67 bits per heavy atom. The smallest absolute Gasteiger partial charge is 0.131 e.